The van der Waals surface area contributed by atoms with E-state index in [1.165, 1.54) is 12.1 Å². The average Bonchev–Trinajstić information content (AvgIpc) is 2.80. The summed E-state index contributed by atoms with van der Waals surface area (Å²) in [7, 11) is 0. The summed E-state index contributed by atoms with van der Waals surface area (Å²) in [5.74, 6) is -0.114. The third-order valence-electron chi connectivity index (χ3n) is 4.23. The Morgan fingerprint density at radius 1 is 1.07 bits per heavy atom. The lowest BCUT2D eigenvalue weighted by Gasteiger charge is -2.13. The van der Waals surface area contributed by atoms with E-state index in [1.807, 2.05) is 13.0 Å². The second kappa shape index (κ2) is 7.27. The van der Waals surface area contributed by atoms with Crippen molar-refractivity contribution in [1.82, 2.24) is 0 Å². The largest absolute Gasteiger partial charge is 0.454 e. The smallest absolute Gasteiger partial charge is 0.276 e. The minimum atomic E-state index is -0.601. The van der Waals surface area contributed by atoms with E-state index in [1.54, 1.807) is 24.3 Å². The molecule has 1 N–H and O–H groups in total. The Labute approximate surface area is 174 Å². The van der Waals surface area contributed by atoms with Crippen LogP contribution in [0.25, 0.3) is 0 Å². The van der Waals surface area contributed by atoms with Gasteiger partial charge in [-0.15, -0.1) is 0 Å². The number of ether oxygens (including phenoxy) is 2. The standard InChI is InChI=1S/C20H12Cl2N2O5/c1-10-5-6-13-15(7-10)29-17-9-11(24(26)27)8-16(18(17)20(25)23-13)28-14-4-2-3-12(21)19(14)22/h2-9H,1H3,(H,23,25). The van der Waals surface area contributed by atoms with Crippen LogP contribution < -0.4 is 14.8 Å². The van der Waals surface area contributed by atoms with Crippen molar-refractivity contribution in [2.75, 3.05) is 5.32 Å². The number of non-ortho nitro benzene ring substituents is 1. The molecule has 1 heterocycles. The molecule has 29 heavy (non-hydrogen) atoms. The van der Waals surface area contributed by atoms with Gasteiger partial charge >= 0.3 is 0 Å². The maximum atomic E-state index is 12.9. The Bertz CT molecular complexity index is 1180. The highest BCUT2D eigenvalue weighted by atomic mass is 35.5. The third-order valence-corrected chi connectivity index (χ3v) is 5.03. The van der Waals surface area contributed by atoms with E-state index in [-0.39, 0.29) is 38.5 Å². The first kappa shape index (κ1) is 19.0. The lowest BCUT2D eigenvalue weighted by Crippen LogP contribution is -2.12. The fraction of sp³-hybridized carbons (Fsp3) is 0.0500. The Hall–Kier alpha value is -3.29. The number of aryl methyl sites for hydroxylation is 1. The van der Waals surface area contributed by atoms with Crippen LogP contribution in [0, 0.1) is 17.0 Å². The molecule has 0 bridgehead atoms. The van der Waals surface area contributed by atoms with Crippen LogP contribution in [0.5, 0.6) is 23.0 Å². The normalized spacial score (nSPS) is 12.2. The summed E-state index contributed by atoms with van der Waals surface area (Å²) in [5, 5.41) is 14.5. The highest BCUT2D eigenvalue weighted by molar-refractivity contribution is 6.42. The van der Waals surface area contributed by atoms with E-state index in [9.17, 15) is 14.9 Å². The number of benzene rings is 3. The van der Waals surface area contributed by atoms with Crippen LogP contribution in [0.15, 0.2) is 48.5 Å². The number of amides is 1. The molecule has 0 fully saturated rings. The highest BCUT2D eigenvalue weighted by Crippen LogP contribution is 2.44. The van der Waals surface area contributed by atoms with E-state index < -0.39 is 10.8 Å². The van der Waals surface area contributed by atoms with Crippen LogP contribution in [0.2, 0.25) is 10.0 Å². The molecule has 0 unspecified atom stereocenters. The SMILES string of the molecule is Cc1ccc2c(c1)Oc1cc([N+](=O)[O-])cc(Oc3cccc(Cl)c3Cl)c1C(=O)N2. The molecule has 0 atom stereocenters. The summed E-state index contributed by atoms with van der Waals surface area (Å²) in [6.45, 7) is 1.86. The topological polar surface area (TPSA) is 90.7 Å². The van der Waals surface area contributed by atoms with Crippen molar-refractivity contribution in [3.63, 3.8) is 0 Å². The molecule has 146 valence electrons. The van der Waals surface area contributed by atoms with Crippen molar-refractivity contribution in [2.45, 2.75) is 6.92 Å². The number of nitrogens with zero attached hydrogens (tertiary/aromatic N) is 1. The predicted octanol–water partition coefficient (Wildman–Crippen LogP) is 6.36. The van der Waals surface area contributed by atoms with Gasteiger partial charge in [0.1, 0.15) is 16.3 Å². The maximum Gasteiger partial charge on any atom is 0.276 e. The zero-order valence-electron chi connectivity index (χ0n) is 14.9. The third kappa shape index (κ3) is 3.57. The van der Waals surface area contributed by atoms with Crippen LogP contribution in [0.1, 0.15) is 15.9 Å². The zero-order chi connectivity index (χ0) is 20.7. The number of nitro groups is 1. The maximum absolute atomic E-state index is 12.9. The summed E-state index contributed by atoms with van der Waals surface area (Å²) < 4.78 is 11.6. The van der Waals surface area contributed by atoms with Crippen LogP contribution in [-0.4, -0.2) is 10.8 Å². The van der Waals surface area contributed by atoms with E-state index in [0.717, 1.165) is 11.6 Å². The molecule has 9 heteroatoms. The number of nitrogens with one attached hydrogen (secondary N) is 1. The van der Waals surface area contributed by atoms with Crippen molar-refractivity contribution in [1.29, 1.82) is 0 Å². The second-order valence-electron chi connectivity index (χ2n) is 6.28. The molecule has 0 saturated carbocycles. The molecule has 1 aliphatic rings. The van der Waals surface area contributed by atoms with Crippen LogP contribution in [-0.2, 0) is 0 Å². The lowest BCUT2D eigenvalue weighted by molar-refractivity contribution is -0.385. The summed E-state index contributed by atoms with van der Waals surface area (Å²) in [6, 6.07) is 12.2. The number of anilines is 1. The van der Waals surface area contributed by atoms with E-state index in [0.29, 0.717) is 11.4 Å². The zero-order valence-corrected chi connectivity index (χ0v) is 16.4. The van der Waals surface area contributed by atoms with Gasteiger partial charge in [-0.05, 0) is 36.8 Å². The Balaban J connectivity index is 1.89. The molecule has 1 aliphatic heterocycles. The Morgan fingerprint density at radius 2 is 1.86 bits per heavy atom. The molecule has 3 aromatic carbocycles. The number of fused-ring (bicyclic) bond motifs is 2. The second-order valence-corrected chi connectivity index (χ2v) is 7.07. The van der Waals surface area contributed by atoms with Crippen LogP contribution in [0.3, 0.4) is 0 Å². The van der Waals surface area contributed by atoms with Gasteiger partial charge in [-0.2, -0.15) is 0 Å². The van der Waals surface area contributed by atoms with Crippen molar-refractivity contribution in [3.8, 4) is 23.0 Å². The first-order valence-corrected chi connectivity index (χ1v) is 9.13. The van der Waals surface area contributed by atoms with Gasteiger partial charge in [-0.25, -0.2) is 0 Å². The van der Waals surface area contributed by atoms with Crippen LogP contribution in [0.4, 0.5) is 11.4 Å². The molecule has 0 aliphatic carbocycles. The van der Waals surface area contributed by atoms with Gasteiger partial charge in [0.15, 0.2) is 17.2 Å². The number of carbonyl (C=O) groups excluding carboxylic acids is 1. The fourth-order valence-electron chi connectivity index (χ4n) is 2.87. The molecular weight excluding hydrogens is 419 g/mol. The minimum absolute atomic E-state index is 0.000459. The van der Waals surface area contributed by atoms with E-state index in [4.69, 9.17) is 32.7 Å². The molecule has 1 amide bonds. The van der Waals surface area contributed by atoms with Crippen molar-refractivity contribution < 1.29 is 19.2 Å². The van der Waals surface area contributed by atoms with Crippen molar-refractivity contribution in [3.05, 3.63) is 79.8 Å². The van der Waals surface area contributed by atoms with Crippen molar-refractivity contribution >= 4 is 40.5 Å². The minimum Gasteiger partial charge on any atom is -0.454 e. The first-order valence-electron chi connectivity index (χ1n) is 8.37. The Kier molecular flexibility index (Phi) is 4.77. The molecule has 0 radical (unpaired) electrons. The average molecular weight is 431 g/mol. The molecule has 0 spiro atoms. The highest BCUT2D eigenvalue weighted by Gasteiger charge is 2.29. The summed E-state index contributed by atoms with van der Waals surface area (Å²) in [6.07, 6.45) is 0. The number of nitro benzene ring substituents is 1. The number of halogens is 2. The van der Waals surface area contributed by atoms with E-state index >= 15 is 0 Å². The lowest BCUT2D eigenvalue weighted by atomic mass is 10.1. The number of hydrogen-bond acceptors (Lipinski definition) is 5. The van der Waals surface area contributed by atoms with Gasteiger partial charge in [0.2, 0.25) is 0 Å². The fourth-order valence-corrected chi connectivity index (χ4v) is 3.20. The molecule has 4 rings (SSSR count). The quantitative estimate of drug-likeness (QED) is 0.385. The van der Waals surface area contributed by atoms with Crippen molar-refractivity contribution in [2.24, 2.45) is 0 Å². The summed E-state index contributed by atoms with van der Waals surface area (Å²) in [4.78, 5) is 23.7. The number of carbonyl (C=O) groups is 1. The summed E-state index contributed by atoms with van der Waals surface area (Å²) >= 11 is 12.2. The molecule has 0 saturated heterocycles. The Morgan fingerprint density at radius 3 is 2.62 bits per heavy atom. The van der Waals surface area contributed by atoms with Gasteiger partial charge in [0.25, 0.3) is 11.6 Å². The predicted molar refractivity (Wildman–Crippen MR) is 109 cm³/mol. The molecular formula is C20H12Cl2N2O5. The number of rotatable bonds is 3. The van der Waals surface area contributed by atoms with Gasteiger partial charge in [-0.1, -0.05) is 35.3 Å². The summed E-state index contributed by atoms with van der Waals surface area (Å²) in [5.41, 5.74) is 1.03. The van der Waals surface area contributed by atoms with Gasteiger partial charge in [0, 0.05) is 0 Å². The first-order chi connectivity index (χ1) is 13.8. The van der Waals surface area contributed by atoms with Gasteiger partial charge < -0.3 is 14.8 Å². The molecule has 7 nitrogen and oxygen atoms in total. The van der Waals surface area contributed by atoms with E-state index in [2.05, 4.69) is 5.32 Å². The molecule has 3 aromatic rings. The number of hydrogen-bond donors (Lipinski definition) is 1. The molecule has 0 aromatic heterocycles. The van der Waals surface area contributed by atoms with Crippen LogP contribution >= 0.6 is 23.2 Å². The van der Waals surface area contributed by atoms with Gasteiger partial charge in [0.05, 0.1) is 27.8 Å². The monoisotopic (exact) mass is 430 g/mol. The van der Waals surface area contributed by atoms with Gasteiger partial charge in [-0.3, -0.25) is 14.9 Å².